The van der Waals surface area contributed by atoms with Crippen LogP contribution in [0.4, 0.5) is 0 Å². The molecule has 4 rings (SSSR count). The largest absolute Gasteiger partial charge is 0.489 e. The molecule has 0 saturated heterocycles. The van der Waals surface area contributed by atoms with Gasteiger partial charge in [-0.25, -0.2) is 4.79 Å². The molecule has 1 aliphatic carbocycles. The maximum absolute atomic E-state index is 13.1. The van der Waals surface area contributed by atoms with Crippen LogP contribution in [0.5, 0.6) is 5.75 Å². The lowest BCUT2D eigenvalue weighted by molar-refractivity contribution is -0.139. The fraction of sp³-hybridized carbons (Fsp3) is 0.333. The molecule has 2 aromatic rings. The first-order chi connectivity index (χ1) is 15.6. The molecule has 1 unspecified atom stereocenters. The Bertz CT molecular complexity index is 1070. The number of hydrogen-bond acceptors (Lipinski definition) is 5. The number of esters is 1. The number of benzene rings is 2. The van der Waals surface area contributed by atoms with E-state index < -0.39 is 5.92 Å². The molecule has 0 aromatic heterocycles. The van der Waals surface area contributed by atoms with E-state index in [2.05, 4.69) is 5.32 Å². The highest BCUT2D eigenvalue weighted by atomic mass is 16.5. The highest BCUT2D eigenvalue weighted by molar-refractivity contribution is 6.04. The lowest BCUT2D eigenvalue weighted by atomic mass is 9.75. The number of ether oxygens (including phenoxy) is 2. The predicted octanol–water partition coefficient (Wildman–Crippen LogP) is 5.19. The Hall–Kier alpha value is -3.34. The van der Waals surface area contributed by atoms with Crippen LogP contribution in [-0.2, 0) is 20.9 Å². The second-order valence-electron chi connectivity index (χ2n) is 8.21. The summed E-state index contributed by atoms with van der Waals surface area (Å²) in [6.07, 6.45) is 2.83. The third-order valence-corrected chi connectivity index (χ3v) is 5.90. The monoisotopic (exact) mass is 431 g/mol. The van der Waals surface area contributed by atoms with Gasteiger partial charge in [-0.05, 0) is 37.8 Å². The molecule has 0 fully saturated rings. The topological polar surface area (TPSA) is 64.6 Å². The maximum Gasteiger partial charge on any atom is 0.336 e. The smallest absolute Gasteiger partial charge is 0.336 e. The van der Waals surface area contributed by atoms with Gasteiger partial charge in [0.2, 0.25) is 0 Å². The van der Waals surface area contributed by atoms with Gasteiger partial charge < -0.3 is 14.8 Å². The number of ketones is 1. The van der Waals surface area contributed by atoms with E-state index in [-0.39, 0.29) is 11.8 Å². The summed E-state index contributed by atoms with van der Waals surface area (Å²) < 4.78 is 11.7. The zero-order valence-corrected chi connectivity index (χ0v) is 18.6. The lowest BCUT2D eigenvalue weighted by Gasteiger charge is -2.34. The number of Topliss-reactive ketones (excluding diaryl/α,β-unsaturated/α-hetero) is 1. The number of carbonyl (C=O) groups is 2. The normalized spacial score (nSPS) is 18.2. The van der Waals surface area contributed by atoms with Gasteiger partial charge in [0.15, 0.2) is 5.78 Å². The van der Waals surface area contributed by atoms with Crippen LogP contribution in [0.25, 0.3) is 0 Å². The number of nitrogens with one attached hydrogen (secondary N) is 1. The minimum atomic E-state index is -0.504. The van der Waals surface area contributed by atoms with E-state index in [0.717, 1.165) is 41.8 Å². The van der Waals surface area contributed by atoms with E-state index in [0.29, 0.717) is 36.5 Å². The van der Waals surface area contributed by atoms with Crippen LogP contribution in [0.2, 0.25) is 0 Å². The third-order valence-electron chi connectivity index (χ3n) is 5.90. The Morgan fingerprint density at radius 3 is 2.59 bits per heavy atom. The molecule has 1 heterocycles. The summed E-state index contributed by atoms with van der Waals surface area (Å²) in [4.78, 5) is 26.2. The molecule has 32 heavy (non-hydrogen) atoms. The average molecular weight is 432 g/mol. The zero-order valence-electron chi connectivity index (χ0n) is 18.6. The molecule has 0 spiro atoms. The summed E-state index contributed by atoms with van der Waals surface area (Å²) >= 11 is 0. The Balaban J connectivity index is 1.76. The van der Waals surface area contributed by atoms with Gasteiger partial charge >= 0.3 is 5.97 Å². The first-order valence-corrected chi connectivity index (χ1v) is 11.3. The van der Waals surface area contributed by atoms with Gasteiger partial charge in [-0.15, -0.1) is 0 Å². The van der Waals surface area contributed by atoms with Crippen LogP contribution in [0.1, 0.15) is 56.6 Å². The second kappa shape index (κ2) is 9.86. The van der Waals surface area contributed by atoms with Gasteiger partial charge in [0.05, 0.1) is 18.1 Å². The number of rotatable bonds is 7. The van der Waals surface area contributed by atoms with E-state index in [1.807, 2.05) is 68.4 Å². The number of allylic oxidation sites excluding steroid dienone is 3. The van der Waals surface area contributed by atoms with E-state index in [1.54, 1.807) is 0 Å². The minimum Gasteiger partial charge on any atom is -0.489 e. The summed E-state index contributed by atoms with van der Waals surface area (Å²) in [5, 5.41) is 3.33. The number of para-hydroxylation sites is 1. The molecule has 1 N–H and O–H groups in total. The molecule has 0 saturated carbocycles. The molecular formula is C27H29NO4. The molecule has 0 amide bonds. The fourth-order valence-electron chi connectivity index (χ4n) is 4.42. The van der Waals surface area contributed by atoms with Crippen molar-refractivity contribution < 1.29 is 19.1 Å². The van der Waals surface area contributed by atoms with Crippen molar-refractivity contribution in [1.82, 2.24) is 5.32 Å². The second-order valence-corrected chi connectivity index (χ2v) is 8.21. The van der Waals surface area contributed by atoms with Crippen LogP contribution >= 0.6 is 0 Å². The van der Waals surface area contributed by atoms with Crippen LogP contribution in [0, 0.1) is 0 Å². The van der Waals surface area contributed by atoms with Crippen LogP contribution in [-0.4, -0.2) is 18.4 Å². The van der Waals surface area contributed by atoms with Crippen LogP contribution in [0.3, 0.4) is 0 Å². The van der Waals surface area contributed by atoms with Crippen molar-refractivity contribution in [3.05, 3.63) is 88.3 Å². The Morgan fingerprint density at radius 2 is 1.81 bits per heavy atom. The van der Waals surface area contributed by atoms with Gasteiger partial charge in [0.1, 0.15) is 12.4 Å². The van der Waals surface area contributed by atoms with Gasteiger partial charge in [-0.1, -0.05) is 55.5 Å². The van der Waals surface area contributed by atoms with Gasteiger partial charge in [-0.3, -0.25) is 4.79 Å². The molecule has 1 aliphatic heterocycles. The summed E-state index contributed by atoms with van der Waals surface area (Å²) in [7, 11) is 0. The van der Waals surface area contributed by atoms with Crippen LogP contribution < -0.4 is 10.1 Å². The Labute approximate surface area is 189 Å². The quantitative estimate of drug-likeness (QED) is 0.612. The van der Waals surface area contributed by atoms with Crippen molar-refractivity contribution in [1.29, 1.82) is 0 Å². The number of carbonyl (C=O) groups excluding carboxylic acids is 2. The van der Waals surface area contributed by atoms with E-state index in [4.69, 9.17) is 9.47 Å². The highest BCUT2D eigenvalue weighted by Gasteiger charge is 2.40. The van der Waals surface area contributed by atoms with Crippen molar-refractivity contribution in [3.8, 4) is 5.75 Å². The highest BCUT2D eigenvalue weighted by Crippen LogP contribution is 2.45. The summed E-state index contributed by atoms with van der Waals surface area (Å²) in [5.41, 5.74) is 4.67. The molecule has 166 valence electrons. The zero-order chi connectivity index (χ0) is 22.5. The summed E-state index contributed by atoms with van der Waals surface area (Å²) in [6.45, 7) is 4.59. The molecular weight excluding hydrogens is 402 g/mol. The molecule has 2 aliphatic rings. The first-order valence-electron chi connectivity index (χ1n) is 11.3. The molecule has 2 aromatic carbocycles. The van der Waals surface area contributed by atoms with Crippen molar-refractivity contribution >= 4 is 11.8 Å². The standard InChI is InChI=1S/C27H29NO4/c1-3-16-31-27(30)24-18(2)28-21-13-9-14-22(29)26(21)25(24)20-12-7-8-15-23(20)32-17-19-10-5-4-6-11-19/h4-8,10-12,15,25,28H,3,9,13-14,16-17H2,1-2H3. The molecule has 1 atom stereocenters. The van der Waals surface area contributed by atoms with Crippen molar-refractivity contribution in [2.45, 2.75) is 52.1 Å². The summed E-state index contributed by atoms with van der Waals surface area (Å²) in [5.74, 6) is -0.142. The molecule has 5 heteroatoms. The Morgan fingerprint density at radius 1 is 1.06 bits per heavy atom. The Kier molecular flexibility index (Phi) is 6.74. The van der Waals surface area contributed by atoms with E-state index >= 15 is 0 Å². The van der Waals surface area contributed by atoms with Crippen molar-refractivity contribution in [2.75, 3.05) is 6.61 Å². The number of dihydropyridines is 1. The van der Waals surface area contributed by atoms with Gasteiger partial charge in [0.25, 0.3) is 0 Å². The predicted molar refractivity (Wildman–Crippen MR) is 123 cm³/mol. The fourth-order valence-corrected chi connectivity index (χ4v) is 4.42. The van der Waals surface area contributed by atoms with E-state index in [1.165, 1.54) is 0 Å². The molecule has 5 nitrogen and oxygen atoms in total. The van der Waals surface area contributed by atoms with Crippen LogP contribution in [0.15, 0.2) is 77.1 Å². The SMILES string of the molecule is CCCOC(=O)C1=C(C)NC2=C(C(=O)CCC2)C1c1ccccc1OCc1ccccc1. The third kappa shape index (κ3) is 4.47. The average Bonchev–Trinajstić information content (AvgIpc) is 2.81. The first kappa shape index (κ1) is 21.9. The molecule has 0 bridgehead atoms. The van der Waals surface area contributed by atoms with Gasteiger partial charge in [-0.2, -0.15) is 0 Å². The van der Waals surface area contributed by atoms with Gasteiger partial charge in [0, 0.05) is 29.0 Å². The lowest BCUT2D eigenvalue weighted by Crippen LogP contribution is -2.34. The minimum absolute atomic E-state index is 0.0786. The molecule has 0 radical (unpaired) electrons. The van der Waals surface area contributed by atoms with Crippen molar-refractivity contribution in [2.24, 2.45) is 0 Å². The maximum atomic E-state index is 13.1. The van der Waals surface area contributed by atoms with Crippen molar-refractivity contribution in [3.63, 3.8) is 0 Å². The number of hydrogen-bond donors (Lipinski definition) is 1. The van der Waals surface area contributed by atoms with E-state index in [9.17, 15) is 9.59 Å². The summed E-state index contributed by atoms with van der Waals surface area (Å²) in [6, 6.07) is 17.6.